The van der Waals surface area contributed by atoms with Crippen LogP contribution in [-0.4, -0.2) is 12.1 Å². The zero-order chi connectivity index (χ0) is 11.8. The average molecular weight is 226 g/mol. The van der Waals surface area contributed by atoms with Gasteiger partial charge in [-0.15, -0.1) is 0 Å². The van der Waals surface area contributed by atoms with Crippen molar-refractivity contribution in [3.63, 3.8) is 0 Å². The first-order chi connectivity index (χ1) is 8.28. The quantitative estimate of drug-likeness (QED) is 0.785. The zero-order valence-electron chi connectivity index (χ0n) is 9.66. The van der Waals surface area contributed by atoms with Crippen molar-refractivity contribution in [2.24, 2.45) is 0 Å². The van der Waals surface area contributed by atoms with E-state index in [0.717, 1.165) is 28.4 Å². The molecule has 1 heterocycles. The second-order valence-electron chi connectivity index (χ2n) is 4.32. The Kier molecular flexibility index (Phi) is 2.25. The normalized spacial score (nSPS) is 18.4. The summed E-state index contributed by atoms with van der Waals surface area (Å²) in [5.74, 6) is 0.0105. The molecule has 2 aromatic rings. The Balaban J connectivity index is 2.18. The lowest BCUT2D eigenvalue weighted by molar-refractivity contribution is 0.0935. The summed E-state index contributed by atoms with van der Waals surface area (Å²) in [5, 5.41) is 8.53. The van der Waals surface area contributed by atoms with Crippen molar-refractivity contribution >= 4 is 22.4 Å². The van der Waals surface area contributed by atoms with Gasteiger partial charge in [0.25, 0.3) is 5.91 Å². The summed E-state index contributed by atoms with van der Waals surface area (Å²) >= 11 is 0. The average Bonchev–Trinajstić information content (AvgIpc) is 2.36. The summed E-state index contributed by atoms with van der Waals surface area (Å²) in [5.41, 5.74) is 1.66. The summed E-state index contributed by atoms with van der Waals surface area (Å²) in [4.78, 5) is 11.9. The van der Waals surface area contributed by atoms with Gasteiger partial charge < -0.3 is 10.6 Å². The van der Waals surface area contributed by atoms with Crippen LogP contribution in [0.25, 0.3) is 10.8 Å². The Morgan fingerprint density at radius 1 is 1.12 bits per heavy atom. The van der Waals surface area contributed by atoms with E-state index in [2.05, 4.69) is 16.7 Å². The van der Waals surface area contributed by atoms with E-state index in [-0.39, 0.29) is 12.1 Å². The molecule has 0 saturated heterocycles. The number of fused-ring (bicyclic) bond motifs is 2. The first-order valence-electron chi connectivity index (χ1n) is 5.88. The van der Waals surface area contributed by atoms with E-state index >= 15 is 0 Å². The number of carbonyl (C=O) groups excluding carboxylic acids is 1. The lowest BCUT2D eigenvalue weighted by atomic mass is 10.0. The number of rotatable bonds is 1. The molecule has 0 radical (unpaired) electrons. The van der Waals surface area contributed by atoms with Crippen LogP contribution >= 0.6 is 0 Å². The third-order valence-corrected chi connectivity index (χ3v) is 3.17. The topological polar surface area (TPSA) is 41.1 Å². The van der Waals surface area contributed by atoms with Crippen LogP contribution in [0.2, 0.25) is 0 Å². The van der Waals surface area contributed by atoms with Crippen LogP contribution in [0, 0.1) is 0 Å². The third-order valence-electron chi connectivity index (χ3n) is 3.17. The molecule has 0 saturated carbocycles. The number of benzene rings is 2. The van der Waals surface area contributed by atoms with Gasteiger partial charge in [0, 0.05) is 5.69 Å². The van der Waals surface area contributed by atoms with Gasteiger partial charge in [0.2, 0.25) is 0 Å². The third kappa shape index (κ3) is 1.64. The van der Waals surface area contributed by atoms with Gasteiger partial charge in [-0.3, -0.25) is 4.79 Å². The van der Waals surface area contributed by atoms with Crippen molar-refractivity contribution in [2.75, 3.05) is 5.32 Å². The smallest absolute Gasteiger partial charge is 0.254 e. The van der Waals surface area contributed by atoms with E-state index in [9.17, 15) is 4.79 Å². The second-order valence-corrected chi connectivity index (χ2v) is 4.32. The Bertz CT molecular complexity index is 592. The van der Waals surface area contributed by atoms with Crippen molar-refractivity contribution in [2.45, 2.75) is 19.5 Å². The minimum absolute atomic E-state index is 0.0105. The Hall–Kier alpha value is -2.03. The molecule has 2 N–H and O–H groups in total. The number of hydrogen-bond acceptors (Lipinski definition) is 2. The van der Waals surface area contributed by atoms with E-state index in [4.69, 9.17) is 0 Å². The minimum Gasteiger partial charge on any atom is -0.365 e. The van der Waals surface area contributed by atoms with E-state index in [1.54, 1.807) is 0 Å². The van der Waals surface area contributed by atoms with Crippen LogP contribution in [-0.2, 0) is 0 Å². The maximum atomic E-state index is 11.9. The molecule has 0 spiro atoms. The molecule has 1 amide bonds. The monoisotopic (exact) mass is 226 g/mol. The number of carbonyl (C=O) groups is 1. The van der Waals surface area contributed by atoms with Gasteiger partial charge >= 0.3 is 0 Å². The van der Waals surface area contributed by atoms with Crippen LogP contribution in [0.4, 0.5) is 5.69 Å². The molecule has 17 heavy (non-hydrogen) atoms. The van der Waals surface area contributed by atoms with Crippen molar-refractivity contribution in [1.29, 1.82) is 0 Å². The van der Waals surface area contributed by atoms with Crippen molar-refractivity contribution < 1.29 is 4.79 Å². The fraction of sp³-hybridized carbons (Fsp3) is 0.214. The molecule has 0 bridgehead atoms. The molecule has 3 nitrogen and oxygen atoms in total. The molecular weight excluding hydrogens is 212 g/mol. The lowest BCUT2D eigenvalue weighted by Crippen LogP contribution is -2.44. The van der Waals surface area contributed by atoms with E-state index in [1.807, 2.05) is 37.3 Å². The number of anilines is 1. The maximum absolute atomic E-state index is 11.9. The lowest BCUT2D eigenvalue weighted by Gasteiger charge is -2.27. The van der Waals surface area contributed by atoms with Crippen LogP contribution in [0.1, 0.15) is 23.7 Å². The van der Waals surface area contributed by atoms with Gasteiger partial charge in [-0.25, -0.2) is 0 Å². The van der Waals surface area contributed by atoms with Crippen LogP contribution in [0.5, 0.6) is 0 Å². The van der Waals surface area contributed by atoms with Gasteiger partial charge in [-0.1, -0.05) is 31.2 Å². The van der Waals surface area contributed by atoms with Gasteiger partial charge in [0.1, 0.15) is 0 Å². The van der Waals surface area contributed by atoms with Crippen LogP contribution in [0.15, 0.2) is 36.4 Å². The summed E-state index contributed by atoms with van der Waals surface area (Å²) in [6.45, 7) is 2.05. The first kappa shape index (κ1) is 10.1. The van der Waals surface area contributed by atoms with Crippen molar-refractivity contribution in [3.8, 4) is 0 Å². The van der Waals surface area contributed by atoms with E-state index in [0.29, 0.717) is 0 Å². The van der Waals surface area contributed by atoms with Crippen molar-refractivity contribution in [1.82, 2.24) is 5.32 Å². The van der Waals surface area contributed by atoms with Gasteiger partial charge in [-0.05, 0) is 29.3 Å². The number of nitrogens with one attached hydrogen (secondary N) is 2. The highest BCUT2D eigenvalue weighted by Crippen LogP contribution is 2.27. The Morgan fingerprint density at radius 3 is 2.53 bits per heavy atom. The zero-order valence-corrected chi connectivity index (χ0v) is 9.66. The first-order valence-corrected chi connectivity index (χ1v) is 5.88. The molecule has 0 aliphatic carbocycles. The SMILES string of the molecule is CCC1NC(=O)c2cc3ccccc3cc2N1. The molecule has 1 unspecified atom stereocenters. The molecule has 1 aliphatic heterocycles. The van der Waals surface area contributed by atoms with Gasteiger partial charge in [0.05, 0.1) is 11.7 Å². The standard InChI is InChI=1S/C14H14N2O/c1-2-13-15-12-8-10-6-4-3-5-9(10)7-11(12)14(17)16-13/h3-8,13,15H,2H2,1H3,(H,16,17). The summed E-state index contributed by atoms with van der Waals surface area (Å²) in [7, 11) is 0. The predicted molar refractivity (Wildman–Crippen MR) is 69.1 cm³/mol. The van der Waals surface area contributed by atoms with Crippen LogP contribution < -0.4 is 10.6 Å². The fourth-order valence-corrected chi connectivity index (χ4v) is 2.21. The molecule has 0 fully saturated rings. The van der Waals surface area contributed by atoms with E-state index in [1.165, 1.54) is 0 Å². The highest BCUT2D eigenvalue weighted by Gasteiger charge is 2.22. The van der Waals surface area contributed by atoms with E-state index < -0.39 is 0 Å². The summed E-state index contributed by atoms with van der Waals surface area (Å²) < 4.78 is 0. The number of amides is 1. The highest BCUT2D eigenvalue weighted by atomic mass is 16.2. The summed E-state index contributed by atoms with van der Waals surface area (Å²) in [6.07, 6.45) is 0.911. The fourth-order valence-electron chi connectivity index (χ4n) is 2.21. The molecular formula is C14H14N2O. The van der Waals surface area contributed by atoms with Gasteiger partial charge in [-0.2, -0.15) is 0 Å². The molecule has 3 heteroatoms. The molecule has 86 valence electrons. The second kappa shape index (κ2) is 3.77. The maximum Gasteiger partial charge on any atom is 0.254 e. The Labute approximate surface area is 99.8 Å². The highest BCUT2D eigenvalue weighted by molar-refractivity contribution is 6.06. The summed E-state index contributed by atoms with van der Waals surface area (Å²) in [6, 6.07) is 12.1. The van der Waals surface area contributed by atoms with Crippen molar-refractivity contribution in [3.05, 3.63) is 42.0 Å². The molecule has 3 rings (SSSR count). The number of hydrogen-bond donors (Lipinski definition) is 2. The molecule has 2 aromatic carbocycles. The largest absolute Gasteiger partial charge is 0.365 e. The van der Waals surface area contributed by atoms with Gasteiger partial charge in [0.15, 0.2) is 0 Å². The van der Waals surface area contributed by atoms with Crippen LogP contribution in [0.3, 0.4) is 0 Å². The molecule has 1 atom stereocenters. The molecule has 1 aliphatic rings. The predicted octanol–water partition coefficient (Wildman–Crippen LogP) is 2.73. The minimum atomic E-state index is 0.0105. The molecule has 0 aromatic heterocycles. The Morgan fingerprint density at radius 2 is 1.82 bits per heavy atom.